The van der Waals surface area contributed by atoms with Crippen LogP contribution in [0, 0.1) is 6.92 Å². The molecular formula is C17H16N4O3S. The summed E-state index contributed by atoms with van der Waals surface area (Å²) in [5.74, 6) is 0.681. The summed E-state index contributed by atoms with van der Waals surface area (Å²) in [4.78, 5) is 27.7. The third kappa shape index (κ3) is 4.51. The molecule has 0 aliphatic rings. The largest absolute Gasteiger partial charge is 0.360 e. The smallest absolute Gasteiger partial charge is 0.231 e. The van der Waals surface area contributed by atoms with Gasteiger partial charge in [0.25, 0.3) is 0 Å². The highest BCUT2D eigenvalue weighted by molar-refractivity contribution is 7.13. The third-order valence-electron chi connectivity index (χ3n) is 3.22. The van der Waals surface area contributed by atoms with E-state index in [9.17, 15) is 9.59 Å². The molecule has 0 aliphatic heterocycles. The summed E-state index contributed by atoms with van der Waals surface area (Å²) < 4.78 is 4.91. The van der Waals surface area contributed by atoms with Gasteiger partial charge in [0, 0.05) is 29.6 Å². The first-order valence-corrected chi connectivity index (χ1v) is 8.43. The first-order valence-electron chi connectivity index (χ1n) is 7.55. The molecule has 8 heteroatoms. The molecule has 0 aliphatic carbocycles. The number of hydrogen-bond donors (Lipinski definition) is 2. The van der Waals surface area contributed by atoms with Crippen LogP contribution in [0.25, 0.3) is 10.6 Å². The highest BCUT2D eigenvalue weighted by Crippen LogP contribution is 2.26. The van der Waals surface area contributed by atoms with Crippen molar-refractivity contribution in [3.8, 4) is 10.6 Å². The molecule has 0 radical (unpaired) electrons. The van der Waals surface area contributed by atoms with Crippen LogP contribution < -0.4 is 10.6 Å². The summed E-state index contributed by atoms with van der Waals surface area (Å²) >= 11 is 1.44. The van der Waals surface area contributed by atoms with E-state index in [1.54, 1.807) is 13.0 Å². The van der Waals surface area contributed by atoms with Crippen molar-refractivity contribution >= 4 is 34.7 Å². The molecule has 2 N–H and O–H groups in total. The minimum Gasteiger partial charge on any atom is -0.360 e. The number of rotatable bonds is 5. The average Bonchev–Trinajstić information content (AvgIpc) is 3.16. The van der Waals surface area contributed by atoms with E-state index in [1.165, 1.54) is 18.3 Å². The lowest BCUT2D eigenvalue weighted by Gasteiger charge is -2.03. The van der Waals surface area contributed by atoms with Gasteiger partial charge in [0.1, 0.15) is 10.8 Å². The molecule has 2 amide bonds. The standard InChI is InChI=1S/C17H16N4O3S/c1-10-6-15(21-24-10)20-16(23)8-14-9-25-17(19-14)12-4-3-5-13(7-12)18-11(2)22/h3-7,9H,8H2,1-2H3,(H,18,22)(H,20,21,23). The molecule has 0 atom stereocenters. The van der Waals surface area contributed by atoms with Crippen molar-refractivity contribution in [2.75, 3.05) is 10.6 Å². The number of carbonyl (C=O) groups excluding carboxylic acids is 2. The zero-order valence-electron chi connectivity index (χ0n) is 13.7. The molecule has 0 spiro atoms. The van der Waals surface area contributed by atoms with Gasteiger partial charge in [0.2, 0.25) is 11.8 Å². The Balaban J connectivity index is 1.67. The molecule has 0 bridgehead atoms. The lowest BCUT2D eigenvalue weighted by molar-refractivity contribution is -0.116. The van der Waals surface area contributed by atoms with Gasteiger partial charge in [-0.15, -0.1) is 11.3 Å². The van der Waals surface area contributed by atoms with Crippen LogP contribution in [0.1, 0.15) is 18.4 Å². The molecular weight excluding hydrogens is 340 g/mol. The first-order chi connectivity index (χ1) is 12.0. The number of carbonyl (C=O) groups is 2. The SMILES string of the molecule is CC(=O)Nc1cccc(-c2nc(CC(=O)Nc3cc(C)on3)cs2)c1. The Kier molecular flexibility index (Phi) is 4.90. The van der Waals surface area contributed by atoms with Crippen LogP contribution in [-0.2, 0) is 16.0 Å². The summed E-state index contributed by atoms with van der Waals surface area (Å²) in [6, 6.07) is 9.07. The number of amides is 2. The average molecular weight is 356 g/mol. The van der Waals surface area contributed by atoms with Gasteiger partial charge >= 0.3 is 0 Å². The summed E-state index contributed by atoms with van der Waals surface area (Å²) in [5.41, 5.74) is 2.26. The molecule has 0 fully saturated rings. The van der Waals surface area contributed by atoms with E-state index in [4.69, 9.17) is 4.52 Å². The van der Waals surface area contributed by atoms with Crippen LogP contribution in [-0.4, -0.2) is 22.0 Å². The monoisotopic (exact) mass is 356 g/mol. The summed E-state index contributed by atoms with van der Waals surface area (Å²) in [6.45, 7) is 3.22. The topological polar surface area (TPSA) is 97.1 Å². The van der Waals surface area contributed by atoms with Crippen molar-refractivity contribution in [3.05, 3.63) is 47.2 Å². The Labute approximate surface area is 148 Å². The van der Waals surface area contributed by atoms with Gasteiger partial charge in [-0.25, -0.2) is 4.98 Å². The predicted octanol–water partition coefficient (Wildman–Crippen LogP) is 3.25. The summed E-state index contributed by atoms with van der Waals surface area (Å²) in [5, 5.41) is 11.8. The zero-order valence-corrected chi connectivity index (χ0v) is 14.5. The number of benzene rings is 1. The minimum absolute atomic E-state index is 0.128. The molecule has 2 heterocycles. The summed E-state index contributed by atoms with van der Waals surface area (Å²) in [7, 11) is 0. The molecule has 1 aromatic carbocycles. The minimum atomic E-state index is -0.211. The van der Waals surface area contributed by atoms with Crippen molar-refractivity contribution in [3.63, 3.8) is 0 Å². The zero-order chi connectivity index (χ0) is 17.8. The van der Waals surface area contributed by atoms with Crippen LogP contribution in [0.2, 0.25) is 0 Å². The molecule has 7 nitrogen and oxygen atoms in total. The van der Waals surface area contributed by atoms with E-state index < -0.39 is 0 Å². The van der Waals surface area contributed by atoms with Crippen LogP contribution >= 0.6 is 11.3 Å². The van der Waals surface area contributed by atoms with Gasteiger partial charge in [-0.1, -0.05) is 17.3 Å². The van der Waals surface area contributed by atoms with Crippen molar-refractivity contribution in [1.82, 2.24) is 10.1 Å². The molecule has 25 heavy (non-hydrogen) atoms. The van der Waals surface area contributed by atoms with Gasteiger partial charge in [0.15, 0.2) is 5.82 Å². The van der Waals surface area contributed by atoms with Crippen LogP contribution in [0.4, 0.5) is 11.5 Å². The van der Waals surface area contributed by atoms with Crippen molar-refractivity contribution < 1.29 is 14.1 Å². The highest BCUT2D eigenvalue weighted by Gasteiger charge is 2.11. The van der Waals surface area contributed by atoms with Crippen LogP contribution in [0.3, 0.4) is 0 Å². The molecule has 3 aromatic rings. The van der Waals surface area contributed by atoms with E-state index in [-0.39, 0.29) is 18.2 Å². The number of anilines is 2. The Morgan fingerprint density at radius 2 is 2.08 bits per heavy atom. The highest BCUT2D eigenvalue weighted by atomic mass is 32.1. The molecule has 128 valence electrons. The quantitative estimate of drug-likeness (QED) is 0.731. The van der Waals surface area contributed by atoms with Crippen molar-refractivity contribution in [1.29, 1.82) is 0 Å². The van der Waals surface area contributed by atoms with Crippen molar-refractivity contribution in [2.45, 2.75) is 20.3 Å². The maximum Gasteiger partial charge on any atom is 0.231 e. The molecule has 0 saturated heterocycles. The van der Waals surface area contributed by atoms with E-state index in [0.717, 1.165) is 10.6 Å². The number of nitrogens with zero attached hydrogens (tertiary/aromatic N) is 2. The number of nitrogens with one attached hydrogen (secondary N) is 2. The van der Waals surface area contributed by atoms with Crippen LogP contribution in [0.5, 0.6) is 0 Å². The summed E-state index contributed by atoms with van der Waals surface area (Å²) in [6.07, 6.45) is 0.147. The lowest BCUT2D eigenvalue weighted by atomic mass is 10.2. The van der Waals surface area contributed by atoms with E-state index in [2.05, 4.69) is 20.8 Å². The van der Waals surface area contributed by atoms with Crippen molar-refractivity contribution in [2.24, 2.45) is 0 Å². The fourth-order valence-electron chi connectivity index (χ4n) is 2.23. The maximum absolute atomic E-state index is 12.0. The number of aryl methyl sites for hydroxylation is 1. The predicted molar refractivity (Wildman–Crippen MR) is 95.4 cm³/mol. The Hall–Kier alpha value is -3.00. The van der Waals surface area contributed by atoms with Crippen LogP contribution in [0.15, 0.2) is 40.2 Å². The lowest BCUT2D eigenvalue weighted by Crippen LogP contribution is -2.14. The molecule has 0 unspecified atom stereocenters. The fraction of sp³-hybridized carbons (Fsp3) is 0.176. The Morgan fingerprint density at radius 1 is 1.24 bits per heavy atom. The molecule has 3 rings (SSSR count). The normalized spacial score (nSPS) is 10.5. The Bertz CT molecular complexity index is 916. The van der Waals surface area contributed by atoms with E-state index in [0.29, 0.717) is 23.0 Å². The second kappa shape index (κ2) is 7.27. The second-order valence-electron chi connectivity index (χ2n) is 5.45. The third-order valence-corrected chi connectivity index (χ3v) is 4.16. The van der Waals surface area contributed by atoms with Gasteiger partial charge in [-0.3, -0.25) is 9.59 Å². The number of thiazole rings is 1. The van der Waals surface area contributed by atoms with E-state index >= 15 is 0 Å². The van der Waals surface area contributed by atoms with Gasteiger partial charge < -0.3 is 15.2 Å². The number of aromatic nitrogens is 2. The first kappa shape index (κ1) is 16.8. The van der Waals surface area contributed by atoms with E-state index in [1.807, 2.05) is 29.6 Å². The fourth-order valence-corrected chi connectivity index (χ4v) is 3.05. The second-order valence-corrected chi connectivity index (χ2v) is 6.31. The molecule has 0 saturated carbocycles. The number of hydrogen-bond acceptors (Lipinski definition) is 6. The maximum atomic E-state index is 12.0. The van der Waals surface area contributed by atoms with Gasteiger partial charge in [-0.05, 0) is 19.1 Å². The Morgan fingerprint density at radius 3 is 2.80 bits per heavy atom. The molecule has 2 aromatic heterocycles. The van der Waals surface area contributed by atoms with Gasteiger partial charge in [-0.2, -0.15) is 0 Å². The van der Waals surface area contributed by atoms with Gasteiger partial charge in [0.05, 0.1) is 12.1 Å².